The van der Waals surface area contributed by atoms with Crippen LogP contribution >= 0.6 is 0 Å². The molecule has 8 nitrogen and oxygen atoms in total. The van der Waals surface area contributed by atoms with Gasteiger partial charge in [-0.15, -0.1) is 0 Å². The van der Waals surface area contributed by atoms with E-state index < -0.39 is 0 Å². The third kappa shape index (κ3) is 3.88. The lowest BCUT2D eigenvalue weighted by Gasteiger charge is -2.22. The zero-order chi connectivity index (χ0) is 24.6. The molecular weight excluding hydrogens is 432 g/mol. The van der Waals surface area contributed by atoms with Crippen molar-refractivity contribution < 1.29 is 19.7 Å². The number of methoxy groups -OCH3 is 2. The lowest BCUT2D eigenvalue weighted by molar-refractivity contribution is 0.155. The maximum Gasteiger partial charge on any atom is 0.222 e. The highest BCUT2D eigenvalue weighted by molar-refractivity contribution is 5.91. The summed E-state index contributed by atoms with van der Waals surface area (Å²) in [5, 5.41) is 21.3. The molecule has 0 aliphatic rings. The Bertz CT molecular complexity index is 1300. The molecule has 0 aromatic carbocycles. The zero-order valence-corrected chi connectivity index (χ0v) is 20.5. The number of hydrogen-bond donors (Lipinski definition) is 2. The number of fused-ring (bicyclic) bond motifs is 1. The summed E-state index contributed by atoms with van der Waals surface area (Å²) < 4.78 is 14.7. The third-order valence-electron chi connectivity index (χ3n) is 6.27. The molecule has 34 heavy (non-hydrogen) atoms. The summed E-state index contributed by atoms with van der Waals surface area (Å²) in [4.78, 5) is 9.69. The topological polar surface area (TPSA) is 94.6 Å². The highest BCUT2D eigenvalue weighted by Gasteiger charge is 2.25. The summed E-state index contributed by atoms with van der Waals surface area (Å²) >= 11 is 0. The number of ether oxygens (including phenoxy) is 2. The second-order valence-corrected chi connectivity index (χ2v) is 8.74. The molecule has 1 unspecified atom stereocenters. The van der Waals surface area contributed by atoms with Gasteiger partial charge in [0.2, 0.25) is 5.88 Å². The van der Waals surface area contributed by atoms with Gasteiger partial charge in [0.15, 0.2) is 11.8 Å². The van der Waals surface area contributed by atoms with Crippen molar-refractivity contribution in [1.29, 1.82) is 0 Å². The van der Waals surface area contributed by atoms with E-state index in [1.807, 2.05) is 31.3 Å². The highest BCUT2D eigenvalue weighted by atomic mass is 16.5. The van der Waals surface area contributed by atoms with Crippen molar-refractivity contribution in [2.45, 2.75) is 46.1 Å². The van der Waals surface area contributed by atoms with Gasteiger partial charge in [0, 0.05) is 36.7 Å². The second kappa shape index (κ2) is 9.38. The molecule has 4 aromatic heterocycles. The smallest absolute Gasteiger partial charge is 0.222 e. The Morgan fingerprint density at radius 1 is 1.00 bits per heavy atom. The molecular formula is C26H32N4O4. The van der Waals surface area contributed by atoms with Gasteiger partial charge < -0.3 is 24.3 Å². The molecule has 0 bridgehead atoms. The maximum atomic E-state index is 10.7. The molecule has 2 N–H and O–H groups in total. The first-order valence-corrected chi connectivity index (χ1v) is 11.5. The number of pyridine rings is 2. The Morgan fingerprint density at radius 2 is 1.71 bits per heavy atom. The standard InChI is InChI=1S/C26H32N4O4/c1-7-17(14-33-5)29-13-12-20-25(29)24(30-21(31)10-11-22(30)32)16(4)23(27-20)18-8-9-19(15(2)3)28-26(18)34-6/h8-13,15,17,31-32H,7,14H2,1-6H3. The van der Waals surface area contributed by atoms with Crippen LogP contribution in [0.4, 0.5) is 0 Å². The Labute approximate surface area is 199 Å². The average Bonchev–Trinajstić information content (AvgIpc) is 3.39. The van der Waals surface area contributed by atoms with Crippen molar-refractivity contribution in [3.63, 3.8) is 0 Å². The van der Waals surface area contributed by atoms with Crippen molar-refractivity contribution in [1.82, 2.24) is 19.1 Å². The van der Waals surface area contributed by atoms with Gasteiger partial charge in [0.1, 0.15) is 0 Å². The van der Waals surface area contributed by atoms with Gasteiger partial charge in [-0.2, -0.15) is 0 Å². The Kier molecular flexibility index (Phi) is 6.52. The molecule has 4 rings (SSSR count). The van der Waals surface area contributed by atoms with E-state index in [0.717, 1.165) is 34.3 Å². The monoisotopic (exact) mass is 464 g/mol. The van der Waals surface area contributed by atoms with Crippen LogP contribution in [0.5, 0.6) is 17.6 Å². The fourth-order valence-corrected chi connectivity index (χ4v) is 4.45. The van der Waals surface area contributed by atoms with Crippen molar-refractivity contribution in [2.24, 2.45) is 0 Å². The fraction of sp³-hybridized carbons (Fsp3) is 0.385. The van der Waals surface area contributed by atoms with E-state index in [1.165, 1.54) is 16.7 Å². The molecule has 0 fully saturated rings. The first-order chi connectivity index (χ1) is 16.3. The first-order valence-electron chi connectivity index (χ1n) is 11.5. The minimum Gasteiger partial charge on any atom is -0.494 e. The Hall–Kier alpha value is -3.52. The first kappa shape index (κ1) is 23.6. The predicted molar refractivity (Wildman–Crippen MR) is 132 cm³/mol. The number of aromatic hydroxyl groups is 2. The van der Waals surface area contributed by atoms with Crippen LogP contribution in [0.1, 0.15) is 50.4 Å². The number of nitrogens with zero attached hydrogens (tertiary/aromatic N) is 4. The molecule has 1 atom stereocenters. The van der Waals surface area contributed by atoms with Crippen LogP contribution in [0, 0.1) is 6.92 Å². The van der Waals surface area contributed by atoms with Crippen molar-refractivity contribution in [3.8, 4) is 34.6 Å². The summed E-state index contributed by atoms with van der Waals surface area (Å²) in [6.45, 7) is 8.72. The third-order valence-corrected chi connectivity index (χ3v) is 6.27. The molecule has 0 radical (unpaired) electrons. The van der Waals surface area contributed by atoms with E-state index in [4.69, 9.17) is 19.4 Å². The molecule has 0 aliphatic carbocycles. The van der Waals surface area contributed by atoms with E-state index in [9.17, 15) is 10.2 Å². The molecule has 0 spiro atoms. The van der Waals surface area contributed by atoms with E-state index in [0.29, 0.717) is 23.9 Å². The van der Waals surface area contributed by atoms with Gasteiger partial charge in [-0.05, 0) is 37.5 Å². The van der Waals surface area contributed by atoms with Crippen LogP contribution in [0.2, 0.25) is 0 Å². The summed E-state index contributed by atoms with van der Waals surface area (Å²) in [5.74, 6) is 0.613. The quantitative estimate of drug-likeness (QED) is 0.366. The van der Waals surface area contributed by atoms with Crippen molar-refractivity contribution in [3.05, 3.63) is 47.8 Å². The van der Waals surface area contributed by atoms with Gasteiger partial charge in [-0.1, -0.05) is 20.8 Å². The molecule has 4 aromatic rings. The summed E-state index contributed by atoms with van der Waals surface area (Å²) in [6.07, 6.45) is 2.82. The average molecular weight is 465 g/mol. The molecule has 8 heteroatoms. The van der Waals surface area contributed by atoms with E-state index in [-0.39, 0.29) is 23.7 Å². The molecule has 0 aliphatic heterocycles. The van der Waals surface area contributed by atoms with Crippen LogP contribution in [0.25, 0.3) is 28.0 Å². The predicted octanol–water partition coefficient (Wildman–Crippen LogP) is 5.34. The van der Waals surface area contributed by atoms with Crippen LogP contribution in [-0.4, -0.2) is 50.1 Å². The molecule has 0 saturated carbocycles. The highest BCUT2D eigenvalue weighted by Crippen LogP contribution is 2.40. The van der Waals surface area contributed by atoms with Crippen LogP contribution in [0.3, 0.4) is 0 Å². The van der Waals surface area contributed by atoms with Gasteiger partial charge in [0.05, 0.1) is 47.7 Å². The van der Waals surface area contributed by atoms with Crippen LogP contribution in [-0.2, 0) is 4.74 Å². The maximum absolute atomic E-state index is 10.7. The van der Waals surface area contributed by atoms with E-state index in [2.05, 4.69) is 25.3 Å². The van der Waals surface area contributed by atoms with Crippen molar-refractivity contribution >= 4 is 11.0 Å². The fourth-order valence-electron chi connectivity index (χ4n) is 4.45. The Balaban J connectivity index is 2.07. The summed E-state index contributed by atoms with van der Waals surface area (Å²) in [6, 6.07) is 8.91. The molecule has 4 heterocycles. The minimum absolute atomic E-state index is 0.0631. The van der Waals surface area contributed by atoms with Crippen LogP contribution in [0.15, 0.2) is 36.5 Å². The van der Waals surface area contributed by atoms with Crippen molar-refractivity contribution in [2.75, 3.05) is 20.8 Å². The van der Waals surface area contributed by atoms with Gasteiger partial charge in [-0.25, -0.2) is 14.5 Å². The lowest BCUT2D eigenvalue weighted by atomic mass is 10.0. The van der Waals surface area contributed by atoms with Gasteiger partial charge >= 0.3 is 0 Å². The number of rotatable bonds is 8. The molecule has 180 valence electrons. The van der Waals surface area contributed by atoms with Gasteiger partial charge in [-0.3, -0.25) is 0 Å². The summed E-state index contributed by atoms with van der Waals surface area (Å²) in [7, 11) is 3.28. The number of hydrogen-bond acceptors (Lipinski definition) is 6. The summed E-state index contributed by atoms with van der Waals surface area (Å²) in [5.41, 5.74) is 5.30. The van der Waals surface area contributed by atoms with Gasteiger partial charge in [0.25, 0.3) is 0 Å². The van der Waals surface area contributed by atoms with Crippen LogP contribution < -0.4 is 4.74 Å². The number of aromatic nitrogens is 4. The van der Waals surface area contributed by atoms with E-state index in [1.54, 1.807) is 14.2 Å². The largest absolute Gasteiger partial charge is 0.494 e. The second-order valence-electron chi connectivity index (χ2n) is 8.74. The Morgan fingerprint density at radius 3 is 2.29 bits per heavy atom. The van der Waals surface area contributed by atoms with E-state index >= 15 is 0 Å². The lowest BCUT2D eigenvalue weighted by Crippen LogP contribution is -2.14. The normalized spacial score (nSPS) is 12.6. The minimum atomic E-state index is -0.0631. The SMILES string of the molecule is CCC(COC)n1ccc2nc(-c3ccc(C(C)C)nc3OC)c(C)c(-n3c(O)ccc3O)c21. The molecule has 0 amide bonds. The molecule has 0 saturated heterocycles. The zero-order valence-electron chi connectivity index (χ0n) is 20.5.